The SMILES string of the molecule is CCCCn1ccnc1[C@H]1CCCN(C(=O)CCc2cn3ccccc3n2)C1. The quantitative estimate of drug-likeness (QED) is 0.629. The molecule has 4 heterocycles. The Morgan fingerprint density at radius 1 is 1.29 bits per heavy atom. The Hall–Kier alpha value is -2.63. The third-order valence-electron chi connectivity index (χ3n) is 5.65. The number of hydrogen-bond acceptors (Lipinski definition) is 3. The second kappa shape index (κ2) is 8.59. The van der Waals surface area contributed by atoms with E-state index in [1.807, 2.05) is 46.1 Å². The number of pyridine rings is 1. The van der Waals surface area contributed by atoms with Gasteiger partial charge in [-0.3, -0.25) is 4.79 Å². The van der Waals surface area contributed by atoms with Gasteiger partial charge in [0.25, 0.3) is 0 Å². The average molecular weight is 380 g/mol. The Morgan fingerprint density at radius 3 is 3.07 bits per heavy atom. The zero-order valence-electron chi connectivity index (χ0n) is 16.6. The van der Waals surface area contributed by atoms with Gasteiger partial charge in [0, 0.05) is 56.8 Å². The van der Waals surface area contributed by atoms with Crippen LogP contribution in [0.2, 0.25) is 0 Å². The Morgan fingerprint density at radius 2 is 2.21 bits per heavy atom. The number of piperidine rings is 1. The number of unbranched alkanes of at least 4 members (excludes halogenated alkanes) is 1. The molecule has 4 rings (SSSR count). The molecule has 0 radical (unpaired) electrons. The van der Waals surface area contributed by atoms with E-state index in [1.54, 1.807) is 0 Å². The molecule has 3 aromatic heterocycles. The molecule has 0 unspecified atom stereocenters. The summed E-state index contributed by atoms with van der Waals surface area (Å²) in [5.41, 5.74) is 1.91. The van der Waals surface area contributed by atoms with Gasteiger partial charge in [0.15, 0.2) is 0 Å². The van der Waals surface area contributed by atoms with E-state index >= 15 is 0 Å². The fraction of sp³-hybridized carbons (Fsp3) is 0.500. The van der Waals surface area contributed by atoms with Gasteiger partial charge >= 0.3 is 0 Å². The summed E-state index contributed by atoms with van der Waals surface area (Å²) in [6, 6.07) is 5.96. The van der Waals surface area contributed by atoms with Gasteiger partial charge < -0.3 is 13.9 Å². The number of amides is 1. The van der Waals surface area contributed by atoms with Gasteiger partial charge in [-0.25, -0.2) is 9.97 Å². The molecule has 3 aromatic rings. The van der Waals surface area contributed by atoms with Gasteiger partial charge in [-0.15, -0.1) is 0 Å². The number of carbonyl (C=O) groups excluding carboxylic acids is 1. The summed E-state index contributed by atoms with van der Waals surface area (Å²) < 4.78 is 4.28. The van der Waals surface area contributed by atoms with Crippen molar-refractivity contribution in [2.45, 2.75) is 57.9 Å². The number of hydrogen-bond donors (Lipinski definition) is 0. The topological polar surface area (TPSA) is 55.4 Å². The van der Waals surface area contributed by atoms with Crippen LogP contribution in [0.1, 0.15) is 56.5 Å². The number of carbonyl (C=O) groups is 1. The monoisotopic (exact) mass is 379 g/mol. The van der Waals surface area contributed by atoms with Crippen LogP contribution in [0.25, 0.3) is 5.65 Å². The molecular weight excluding hydrogens is 350 g/mol. The molecule has 1 atom stereocenters. The summed E-state index contributed by atoms with van der Waals surface area (Å²) in [7, 11) is 0. The van der Waals surface area contributed by atoms with Crippen LogP contribution in [0.15, 0.2) is 43.0 Å². The first-order valence-electron chi connectivity index (χ1n) is 10.5. The van der Waals surface area contributed by atoms with E-state index in [1.165, 1.54) is 6.42 Å². The Kier molecular flexibility index (Phi) is 5.74. The van der Waals surface area contributed by atoms with Crippen LogP contribution in [-0.2, 0) is 17.8 Å². The summed E-state index contributed by atoms with van der Waals surface area (Å²) in [5.74, 6) is 1.72. The van der Waals surface area contributed by atoms with E-state index in [-0.39, 0.29) is 5.91 Å². The van der Waals surface area contributed by atoms with Crippen LogP contribution in [-0.4, -0.2) is 42.8 Å². The average Bonchev–Trinajstić information content (AvgIpc) is 3.37. The smallest absolute Gasteiger partial charge is 0.222 e. The van der Waals surface area contributed by atoms with Crippen LogP contribution in [0.4, 0.5) is 0 Å². The molecule has 0 saturated carbocycles. The molecule has 0 N–H and O–H groups in total. The summed E-state index contributed by atoms with van der Waals surface area (Å²) in [6.07, 6.45) is 13.7. The molecule has 6 heteroatoms. The lowest BCUT2D eigenvalue weighted by molar-refractivity contribution is -0.132. The van der Waals surface area contributed by atoms with Crippen LogP contribution < -0.4 is 0 Å². The highest BCUT2D eigenvalue weighted by Crippen LogP contribution is 2.26. The first kappa shape index (κ1) is 18.7. The Balaban J connectivity index is 1.36. The molecule has 1 aliphatic heterocycles. The number of aryl methyl sites for hydroxylation is 2. The van der Waals surface area contributed by atoms with Crippen molar-refractivity contribution in [1.82, 2.24) is 23.8 Å². The molecule has 1 saturated heterocycles. The fourth-order valence-corrected chi connectivity index (χ4v) is 4.11. The number of nitrogens with zero attached hydrogens (tertiary/aromatic N) is 5. The molecule has 1 aliphatic rings. The number of fused-ring (bicyclic) bond motifs is 1. The van der Waals surface area contributed by atoms with E-state index in [0.29, 0.717) is 18.8 Å². The van der Waals surface area contributed by atoms with Crippen molar-refractivity contribution in [3.05, 3.63) is 54.5 Å². The van der Waals surface area contributed by atoms with Crippen LogP contribution in [0.3, 0.4) is 0 Å². The van der Waals surface area contributed by atoms with Crippen molar-refractivity contribution >= 4 is 11.6 Å². The molecule has 148 valence electrons. The van der Waals surface area contributed by atoms with Gasteiger partial charge in [0.05, 0.1) is 5.69 Å². The van der Waals surface area contributed by atoms with Crippen molar-refractivity contribution in [1.29, 1.82) is 0 Å². The van der Waals surface area contributed by atoms with E-state index in [0.717, 1.165) is 56.1 Å². The first-order chi connectivity index (χ1) is 13.7. The van der Waals surface area contributed by atoms with Crippen molar-refractivity contribution in [2.24, 2.45) is 0 Å². The highest BCUT2D eigenvalue weighted by atomic mass is 16.2. The summed E-state index contributed by atoms with van der Waals surface area (Å²) >= 11 is 0. The molecule has 1 amide bonds. The van der Waals surface area contributed by atoms with E-state index in [2.05, 4.69) is 27.7 Å². The third kappa shape index (κ3) is 4.11. The first-order valence-corrected chi connectivity index (χ1v) is 10.5. The van der Waals surface area contributed by atoms with Crippen LogP contribution in [0.5, 0.6) is 0 Å². The third-order valence-corrected chi connectivity index (χ3v) is 5.65. The minimum atomic E-state index is 0.230. The van der Waals surface area contributed by atoms with E-state index in [9.17, 15) is 4.79 Å². The highest BCUT2D eigenvalue weighted by Gasteiger charge is 2.27. The summed E-state index contributed by atoms with van der Waals surface area (Å²) in [6.45, 7) is 4.87. The standard InChI is InChI=1S/C22H29N5O/c1-2-3-12-25-15-11-23-22(25)18-7-6-14-27(16-18)21(28)10-9-19-17-26-13-5-4-8-20(26)24-19/h4-5,8,11,13,15,17-18H,2-3,6-7,9-10,12,14,16H2,1H3/t18-/m0/s1. The molecule has 6 nitrogen and oxygen atoms in total. The van der Waals surface area contributed by atoms with Crippen molar-refractivity contribution in [3.63, 3.8) is 0 Å². The largest absolute Gasteiger partial charge is 0.342 e. The van der Waals surface area contributed by atoms with Gasteiger partial charge in [0.1, 0.15) is 11.5 Å². The van der Waals surface area contributed by atoms with Gasteiger partial charge in [-0.2, -0.15) is 0 Å². The molecule has 0 bridgehead atoms. The van der Waals surface area contributed by atoms with Crippen molar-refractivity contribution < 1.29 is 4.79 Å². The lowest BCUT2D eigenvalue weighted by atomic mass is 9.96. The lowest BCUT2D eigenvalue weighted by Crippen LogP contribution is -2.39. The van der Waals surface area contributed by atoms with E-state index in [4.69, 9.17) is 0 Å². The normalized spacial score (nSPS) is 17.3. The number of imidazole rings is 2. The molecule has 1 fully saturated rings. The fourth-order valence-electron chi connectivity index (χ4n) is 4.11. The second-order valence-corrected chi connectivity index (χ2v) is 7.71. The van der Waals surface area contributed by atoms with Crippen LogP contribution in [0, 0.1) is 0 Å². The summed E-state index contributed by atoms with van der Waals surface area (Å²) in [5, 5.41) is 0. The lowest BCUT2D eigenvalue weighted by Gasteiger charge is -2.32. The zero-order valence-corrected chi connectivity index (χ0v) is 16.6. The zero-order chi connectivity index (χ0) is 19.3. The molecular formula is C22H29N5O. The predicted octanol–water partition coefficient (Wildman–Crippen LogP) is 3.67. The molecule has 0 aromatic carbocycles. The minimum Gasteiger partial charge on any atom is -0.342 e. The Bertz CT molecular complexity index is 895. The van der Waals surface area contributed by atoms with Crippen molar-refractivity contribution in [3.8, 4) is 0 Å². The molecule has 0 spiro atoms. The van der Waals surface area contributed by atoms with Gasteiger partial charge in [-0.1, -0.05) is 19.4 Å². The Labute approximate surface area is 166 Å². The highest BCUT2D eigenvalue weighted by molar-refractivity contribution is 5.76. The van der Waals surface area contributed by atoms with E-state index < -0.39 is 0 Å². The molecule has 0 aliphatic carbocycles. The number of rotatable bonds is 7. The second-order valence-electron chi connectivity index (χ2n) is 7.71. The number of aromatic nitrogens is 4. The van der Waals surface area contributed by atoms with Crippen molar-refractivity contribution in [2.75, 3.05) is 13.1 Å². The maximum absolute atomic E-state index is 12.8. The van der Waals surface area contributed by atoms with Gasteiger partial charge in [0.2, 0.25) is 5.91 Å². The van der Waals surface area contributed by atoms with Gasteiger partial charge in [-0.05, 0) is 37.8 Å². The maximum atomic E-state index is 12.8. The minimum absolute atomic E-state index is 0.230. The molecule has 28 heavy (non-hydrogen) atoms. The number of likely N-dealkylation sites (tertiary alicyclic amines) is 1. The summed E-state index contributed by atoms with van der Waals surface area (Å²) in [4.78, 5) is 24.1. The maximum Gasteiger partial charge on any atom is 0.222 e. The predicted molar refractivity (Wildman–Crippen MR) is 109 cm³/mol. The van der Waals surface area contributed by atoms with Crippen LogP contribution >= 0.6 is 0 Å².